The normalized spacial score (nSPS) is 11.3. The third kappa shape index (κ3) is 2.57. The van der Waals surface area contributed by atoms with Crippen molar-refractivity contribution in [3.8, 4) is 0 Å². The molecule has 1 aromatic rings. The van der Waals surface area contributed by atoms with E-state index in [9.17, 15) is 0 Å². The quantitative estimate of drug-likeness (QED) is 0.713. The monoisotopic (exact) mass is 180 g/mol. The van der Waals surface area contributed by atoms with E-state index in [-0.39, 0.29) is 5.41 Å². The molecule has 0 atom stereocenters. The molecule has 13 heavy (non-hydrogen) atoms. The van der Waals surface area contributed by atoms with E-state index in [1.54, 1.807) is 10.9 Å². The van der Waals surface area contributed by atoms with Crippen molar-refractivity contribution in [1.82, 2.24) is 15.0 Å². The molecule has 1 N–H and O–H groups in total. The minimum absolute atomic E-state index is 0.0876. The maximum absolute atomic E-state index is 3.82. The maximum Gasteiger partial charge on any atom is 0.144 e. The van der Waals surface area contributed by atoms with Crippen molar-refractivity contribution in [2.45, 2.75) is 13.8 Å². The SMILES string of the molecule is C=CC(C)(C)CNc1cnnn1C. The van der Waals surface area contributed by atoms with Gasteiger partial charge in [-0.15, -0.1) is 11.7 Å². The minimum Gasteiger partial charge on any atom is -0.368 e. The average Bonchev–Trinajstić information content (AvgIpc) is 2.48. The van der Waals surface area contributed by atoms with Crippen LogP contribution in [0.2, 0.25) is 0 Å². The van der Waals surface area contributed by atoms with Crippen LogP contribution in [0.15, 0.2) is 18.9 Å². The molecule has 0 aromatic carbocycles. The zero-order chi connectivity index (χ0) is 9.90. The lowest BCUT2D eigenvalue weighted by atomic mass is 9.94. The molecule has 0 bridgehead atoms. The number of hydrogen-bond acceptors (Lipinski definition) is 3. The van der Waals surface area contributed by atoms with E-state index < -0.39 is 0 Å². The van der Waals surface area contributed by atoms with Crippen molar-refractivity contribution in [3.05, 3.63) is 18.9 Å². The second-order valence-electron chi connectivity index (χ2n) is 3.79. The van der Waals surface area contributed by atoms with E-state index in [1.807, 2.05) is 13.1 Å². The van der Waals surface area contributed by atoms with Crippen molar-refractivity contribution in [1.29, 1.82) is 0 Å². The van der Waals surface area contributed by atoms with Crippen LogP contribution >= 0.6 is 0 Å². The molecule has 0 fully saturated rings. The van der Waals surface area contributed by atoms with E-state index in [4.69, 9.17) is 0 Å². The van der Waals surface area contributed by atoms with Crippen LogP contribution in [0.3, 0.4) is 0 Å². The summed E-state index contributed by atoms with van der Waals surface area (Å²) in [4.78, 5) is 0. The second kappa shape index (κ2) is 3.60. The van der Waals surface area contributed by atoms with Gasteiger partial charge >= 0.3 is 0 Å². The summed E-state index contributed by atoms with van der Waals surface area (Å²) >= 11 is 0. The van der Waals surface area contributed by atoms with Crippen LogP contribution < -0.4 is 5.32 Å². The first kappa shape index (κ1) is 9.77. The lowest BCUT2D eigenvalue weighted by molar-refractivity contribution is 0.511. The summed E-state index contributed by atoms with van der Waals surface area (Å²) in [5.74, 6) is 0.926. The highest BCUT2D eigenvalue weighted by molar-refractivity contribution is 5.31. The Hall–Kier alpha value is -1.32. The molecular formula is C9H16N4. The lowest BCUT2D eigenvalue weighted by Gasteiger charge is -2.20. The summed E-state index contributed by atoms with van der Waals surface area (Å²) in [6, 6.07) is 0. The molecule has 72 valence electrons. The van der Waals surface area contributed by atoms with Gasteiger partial charge in [0, 0.05) is 13.6 Å². The van der Waals surface area contributed by atoms with E-state index in [0.717, 1.165) is 12.4 Å². The summed E-state index contributed by atoms with van der Waals surface area (Å²) in [5, 5.41) is 10.8. The largest absolute Gasteiger partial charge is 0.368 e. The van der Waals surface area contributed by atoms with Crippen LogP contribution in [0.5, 0.6) is 0 Å². The van der Waals surface area contributed by atoms with Crippen LogP contribution in [0, 0.1) is 5.41 Å². The molecule has 0 spiro atoms. The molecule has 1 heterocycles. The second-order valence-corrected chi connectivity index (χ2v) is 3.79. The van der Waals surface area contributed by atoms with Crippen LogP contribution in [0.1, 0.15) is 13.8 Å². The number of rotatable bonds is 4. The smallest absolute Gasteiger partial charge is 0.144 e. The van der Waals surface area contributed by atoms with Crippen LogP contribution in [-0.2, 0) is 7.05 Å². The molecular weight excluding hydrogens is 164 g/mol. The fourth-order valence-electron chi connectivity index (χ4n) is 0.840. The Bertz CT molecular complexity index is 288. The molecule has 0 aliphatic carbocycles. The Kier molecular flexibility index (Phi) is 2.70. The van der Waals surface area contributed by atoms with Crippen LogP contribution in [-0.4, -0.2) is 21.5 Å². The first-order valence-corrected chi connectivity index (χ1v) is 4.27. The average molecular weight is 180 g/mol. The fourth-order valence-corrected chi connectivity index (χ4v) is 0.840. The predicted molar refractivity (Wildman–Crippen MR) is 53.5 cm³/mol. The van der Waals surface area contributed by atoms with E-state index in [0.29, 0.717) is 0 Å². The van der Waals surface area contributed by atoms with Crippen molar-refractivity contribution in [2.75, 3.05) is 11.9 Å². The first-order valence-electron chi connectivity index (χ1n) is 4.27. The van der Waals surface area contributed by atoms with Crippen LogP contribution in [0.4, 0.5) is 5.82 Å². The lowest BCUT2D eigenvalue weighted by Crippen LogP contribution is -2.21. The third-order valence-electron chi connectivity index (χ3n) is 1.99. The minimum atomic E-state index is 0.0876. The Morgan fingerprint density at radius 2 is 2.38 bits per heavy atom. The van der Waals surface area contributed by atoms with Gasteiger partial charge in [0.25, 0.3) is 0 Å². The Morgan fingerprint density at radius 3 is 2.85 bits per heavy atom. The van der Waals surface area contributed by atoms with Crippen molar-refractivity contribution in [3.63, 3.8) is 0 Å². The highest BCUT2D eigenvalue weighted by atomic mass is 15.4. The molecule has 0 saturated carbocycles. The number of hydrogen-bond donors (Lipinski definition) is 1. The molecule has 1 rings (SSSR count). The first-order chi connectivity index (χ1) is 6.05. The molecule has 1 aromatic heterocycles. The number of anilines is 1. The summed E-state index contributed by atoms with van der Waals surface area (Å²) in [6.07, 6.45) is 3.64. The highest BCUT2D eigenvalue weighted by Crippen LogP contribution is 2.16. The number of nitrogens with zero attached hydrogens (tertiary/aromatic N) is 3. The van der Waals surface area contributed by atoms with Gasteiger partial charge < -0.3 is 5.32 Å². The van der Waals surface area contributed by atoms with Gasteiger partial charge in [0.2, 0.25) is 0 Å². The van der Waals surface area contributed by atoms with Gasteiger partial charge in [-0.25, -0.2) is 4.68 Å². The Labute approximate surface area is 78.6 Å². The topological polar surface area (TPSA) is 42.7 Å². The Morgan fingerprint density at radius 1 is 1.69 bits per heavy atom. The van der Waals surface area contributed by atoms with Gasteiger partial charge in [-0.2, -0.15) is 0 Å². The van der Waals surface area contributed by atoms with Gasteiger partial charge in [0.1, 0.15) is 5.82 Å². The van der Waals surface area contributed by atoms with Gasteiger partial charge in [-0.3, -0.25) is 0 Å². The van der Waals surface area contributed by atoms with E-state index in [1.165, 1.54) is 0 Å². The van der Waals surface area contributed by atoms with Crippen LogP contribution in [0.25, 0.3) is 0 Å². The number of aryl methyl sites for hydroxylation is 1. The summed E-state index contributed by atoms with van der Waals surface area (Å²) in [7, 11) is 1.86. The number of aromatic nitrogens is 3. The molecule has 0 unspecified atom stereocenters. The fraction of sp³-hybridized carbons (Fsp3) is 0.556. The maximum atomic E-state index is 3.82. The van der Waals surface area contributed by atoms with Crippen molar-refractivity contribution in [2.24, 2.45) is 12.5 Å². The van der Waals surface area contributed by atoms with Gasteiger partial charge in [0.05, 0.1) is 6.20 Å². The van der Waals surface area contributed by atoms with Crippen molar-refractivity contribution < 1.29 is 0 Å². The standard InChI is InChI=1S/C9H16N4/c1-5-9(2,3)7-10-8-6-11-12-13(8)4/h5-6,10H,1,7H2,2-4H3. The summed E-state index contributed by atoms with van der Waals surface area (Å²) in [5.41, 5.74) is 0.0876. The van der Waals surface area contributed by atoms with Crippen molar-refractivity contribution >= 4 is 5.82 Å². The predicted octanol–water partition coefficient (Wildman–Crippen LogP) is 1.44. The summed E-state index contributed by atoms with van der Waals surface area (Å²) in [6.45, 7) is 8.85. The molecule has 0 amide bonds. The summed E-state index contributed by atoms with van der Waals surface area (Å²) < 4.78 is 1.71. The molecule has 4 heteroatoms. The Balaban J connectivity index is 2.53. The zero-order valence-electron chi connectivity index (χ0n) is 8.41. The molecule has 0 saturated heterocycles. The number of nitrogens with one attached hydrogen (secondary N) is 1. The molecule has 4 nitrogen and oxygen atoms in total. The van der Waals surface area contributed by atoms with Gasteiger partial charge in [0.15, 0.2) is 0 Å². The zero-order valence-corrected chi connectivity index (χ0v) is 8.41. The van der Waals surface area contributed by atoms with Gasteiger partial charge in [-0.1, -0.05) is 25.1 Å². The molecule has 0 aliphatic heterocycles. The molecule has 0 radical (unpaired) electrons. The van der Waals surface area contributed by atoms with Gasteiger partial charge in [-0.05, 0) is 5.41 Å². The molecule has 0 aliphatic rings. The highest BCUT2D eigenvalue weighted by Gasteiger charge is 2.12. The van der Waals surface area contributed by atoms with E-state index in [2.05, 4.69) is 36.1 Å². The third-order valence-corrected chi connectivity index (χ3v) is 1.99. The van der Waals surface area contributed by atoms with E-state index >= 15 is 0 Å².